The molecule has 2 aromatic heterocycles. The number of amides is 1. The maximum Gasteiger partial charge on any atom is 0.281 e. The monoisotopic (exact) mass is 404 g/mol. The van der Waals surface area contributed by atoms with Crippen LogP contribution < -0.4 is 4.74 Å². The zero-order valence-electron chi connectivity index (χ0n) is 15.8. The van der Waals surface area contributed by atoms with Gasteiger partial charge in [-0.2, -0.15) is 5.10 Å². The second-order valence-corrected chi connectivity index (χ2v) is 6.89. The molecule has 2 aromatic carbocycles. The number of rotatable bonds is 5. The number of hydrogen-bond acceptors (Lipinski definition) is 5. The Morgan fingerprint density at radius 2 is 1.97 bits per heavy atom. The van der Waals surface area contributed by atoms with Crippen LogP contribution in [0.25, 0.3) is 11.0 Å². The molecule has 0 fully saturated rings. The number of furan rings is 2. The molecule has 0 aliphatic carbocycles. The van der Waals surface area contributed by atoms with Crippen LogP contribution in [0.2, 0.25) is 0 Å². The van der Waals surface area contributed by atoms with Gasteiger partial charge in [-0.15, -0.1) is 0 Å². The molecular weight excluding hydrogens is 387 g/mol. The topological polar surface area (TPSA) is 68.2 Å². The van der Waals surface area contributed by atoms with Crippen LogP contribution in [0.3, 0.4) is 0 Å². The predicted octanol–water partition coefficient (Wildman–Crippen LogP) is 4.92. The van der Waals surface area contributed by atoms with Crippen molar-refractivity contribution < 1.29 is 22.8 Å². The van der Waals surface area contributed by atoms with Crippen LogP contribution in [-0.4, -0.2) is 23.2 Å². The molecule has 30 heavy (non-hydrogen) atoms. The van der Waals surface area contributed by atoms with E-state index in [2.05, 4.69) is 5.10 Å². The summed E-state index contributed by atoms with van der Waals surface area (Å²) in [5.41, 5.74) is 1.38. The molecular formula is C23H17FN2O4. The second-order valence-electron chi connectivity index (χ2n) is 6.89. The molecule has 3 heterocycles. The number of ether oxygens (including phenoxy) is 1. The van der Waals surface area contributed by atoms with Crippen LogP contribution in [0.5, 0.6) is 5.75 Å². The average Bonchev–Trinajstić information content (AvgIpc) is 3.51. The molecule has 0 bridgehead atoms. The van der Waals surface area contributed by atoms with Gasteiger partial charge < -0.3 is 13.6 Å². The van der Waals surface area contributed by atoms with Crippen molar-refractivity contribution in [2.24, 2.45) is 5.10 Å². The van der Waals surface area contributed by atoms with E-state index in [1.165, 1.54) is 17.1 Å². The molecule has 0 saturated carbocycles. The lowest BCUT2D eigenvalue weighted by Crippen LogP contribution is -2.31. The lowest BCUT2D eigenvalue weighted by molar-refractivity contribution is -0.135. The van der Waals surface area contributed by atoms with E-state index in [0.29, 0.717) is 23.7 Å². The van der Waals surface area contributed by atoms with E-state index < -0.39 is 17.8 Å². The first-order chi connectivity index (χ1) is 14.7. The molecule has 0 saturated heterocycles. The summed E-state index contributed by atoms with van der Waals surface area (Å²) in [6.45, 7) is -0.352. The molecule has 0 spiro atoms. The molecule has 0 N–H and O–H groups in total. The number of carbonyl (C=O) groups excluding carboxylic acids is 1. The third kappa shape index (κ3) is 3.34. The van der Waals surface area contributed by atoms with Crippen molar-refractivity contribution >= 4 is 22.6 Å². The Morgan fingerprint density at radius 1 is 1.13 bits per heavy atom. The van der Waals surface area contributed by atoms with Crippen LogP contribution in [0.1, 0.15) is 24.0 Å². The normalized spacial score (nSPS) is 16.1. The number of carbonyl (C=O) groups is 1. The average molecular weight is 404 g/mol. The second kappa shape index (κ2) is 7.51. The molecule has 1 aliphatic rings. The first-order valence-corrected chi connectivity index (χ1v) is 9.48. The van der Waals surface area contributed by atoms with Crippen molar-refractivity contribution in [3.8, 4) is 5.75 Å². The van der Waals surface area contributed by atoms with Crippen LogP contribution in [0.15, 0.2) is 86.9 Å². The summed E-state index contributed by atoms with van der Waals surface area (Å²) in [5.74, 6) is 0.273. The SMILES string of the molecule is O=C(COc1ccccc1F)N1N=C(c2cc3ccccc3o2)CC1c1ccco1. The highest BCUT2D eigenvalue weighted by atomic mass is 19.1. The van der Waals surface area contributed by atoms with E-state index in [4.69, 9.17) is 13.6 Å². The molecule has 0 radical (unpaired) electrons. The molecule has 1 atom stereocenters. The van der Waals surface area contributed by atoms with E-state index >= 15 is 0 Å². The molecule has 7 heteroatoms. The van der Waals surface area contributed by atoms with Crippen molar-refractivity contribution in [1.82, 2.24) is 5.01 Å². The summed E-state index contributed by atoms with van der Waals surface area (Å²) in [6.07, 6.45) is 1.98. The van der Waals surface area contributed by atoms with Gasteiger partial charge in [-0.1, -0.05) is 30.3 Å². The fourth-order valence-electron chi connectivity index (χ4n) is 3.48. The van der Waals surface area contributed by atoms with Gasteiger partial charge in [0.15, 0.2) is 23.9 Å². The quantitative estimate of drug-likeness (QED) is 0.473. The minimum absolute atomic E-state index is 0.0149. The minimum atomic E-state index is -0.527. The summed E-state index contributed by atoms with van der Waals surface area (Å²) in [5, 5.41) is 6.78. The van der Waals surface area contributed by atoms with Crippen molar-refractivity contribution in [3.63, 3.8) is 0 Å². The Morgan fingerprint density at radius 3 is 2.77 bits per heavy atom. The smallest absolute Gasteiger partial charge is 0.281 e. The van der Waals surface area contributed by atoms with Crippen molar-refractivity contribution in [1.29, 1.82) is 0 Å². The fraction of sp³-hybridized carbons (Fsp3) is 0.130. The summed E-state index contributed by atoms with van der Waals surface area (Å²) < 4.78 is 30.6. The fourth-order valence-corrected chi connectivity index (χ4v) is 3.48. The molecule has 5 rings (SSSR count). The lowest BCUT2D eigenvalue weighted by Gasteiger charge is -2.20. The summed E-state index contributed by atoms with van der Waals surface area (Å²) in [7, 11) is 0. The van der Waals surface area contributed by atoms with Crippen LogP contribution >= 0.6 is 0 Å². The van der Waals surface area contributed by atoms with Gasteiger partial charge in [-0.3, -0.25) is 4.79 Å². The molecule has 4 aromatic rings. The first-order valence-electron chi connectivity index (χ1n) is 9.48. The van der Waals surface area contributed by atoms with Gasteiger partial charge in [0, 0.05) is 11.8 Å². The Labute approximate surface area is 171 Å². The molecule has 6 nitrogen and oxygen atoms in total. The number of fused-ring (bicyclic) bond motifs is 1. The Balaban J connectivity index is 1.42. The van der Waals surface area contributed by atoms with Gasteiger partial charge in [-0.05, 0) is 36.4 Å². The molecule has 1 unspecified atom stereocenters. The summed E-state index contributed by atoms with van der Waals surface area (Å²) in [6, 6.07) is 18.6. The van der Waals surface area contributed by atoms with E-state index in [0.717, 1.165) is 11.0 Å². The number of benzene rings is 2. The largest absolute Gasteiger partial charge is 0.481 e. The Kier molecular flexibility index (Phi) is 4.55. The Hall–Kier alpha value is -3.87. The van der Waals surface area contributed by atoms with Crippen LogP contribution in [0, 0.1) is 5.82 Å². The van der Waals surface area contributed by atoms with Gasteiger partial charge in [0.1, 0.15) is 23.1 Å². The van der Waals surface area contributed by atoms with Gasteiger partial charge in [0.2, 0.25) is 0 Å². The first kappa shape index (κ1) is 18.2. The Bertz CT molecular complexity index is 1200. The zero-order valence-corrected chi connectivity index (χ0v) is 15.8. The maximum atomic E-state index is 13.8. The predicted molar refractivity (Wildman–Crippen MR) is 108 cm³/mol. The number of para-hydroxylation sites is 2. The highest BCUT2D eigenvalue weighted by molar-refractivity contribution is 6.03. The van der Waals surface area contributed by atoms with E-state index in [1.807, 2.05) is 30.3 Å². The lowest BCUT2D eigenvalue weighted by atomic mass is 10.1. The van der Waals surface area contributed by atoms with Crippen LogP contribution in [0.4, 0.5) is 4.39 Å². The third-order valence-corrected chi connectivity index (χ3v) is 4.94. The number of hydrazone groups is 1. The van der Waals surface area contributed by atoms with Gasteiger partial charge in [0.05, 0.1) is 6.26 Å². The van der Waals surface area contributed by atoms with Crippen LogP contribution in [-0.2, 0) is 4.79 Å². The highest BCUT2D eigenvalue weighted by Crippen LogP contribution is 2.34. The van der Waals surface area contributed by atoms with E-state index in [9.17, 15) is 9.18 Å². The molecule has 1 aliphatic heterocycles. The van der Waals surface area contributed by atoms with Crippen molar-refractivity contribution in [2.45, 2.75) is 12.5 Å². The summed E-state index contributed by atoms with van der Waals surface area (Å²) >= 11 is 0. The maximum absolute atomic E-state index is 13.8. The van der Waals surface area contributed by atoms with Crippen molar-refractivity contribution in [2.75, 3.05) is 6.61 Å². The standard InChI is InChI=1S/C23H17FN2O4/c24-16-7-2-4-9-20(16)29-14-23(27)26-18(21-10-5-11-28-21)13-17(25-26)22-12-15-6-1-3-8-19(15)30-22/h1-12,18H,13-14H2. The van der Waals surface area contributed by atoms with E-state index in [-0.39, 0.29) is 12.4 Å². The number of halogens is 1. The van der Waals surface area contributed by atoms with E-state index in [1.54, 1.807) is 30.5 Å². The summed E-state index contributed by atoms with van der Waals surface area (Å²) in [4.78, 5) is 12.9. The van der Waals surface area contributed by atoms with Crippen molar-refractivity contribution in [3.05, 3.63) is 90.3 Å². The van der Waals surface area contributed by atoms with Gasteiger partial charge in [-0.25, -0.2) is 9.40 Å². The third-order valence-electron chi connectivity index (χ3n) is 4.94. The minimum Gasteiger partial charge on any atom is -0.481 e. The molecule has 150 valence electrons. The number of nitrogens with zero attached hydrogens (tertiary/aromatic N) is 2. The molecule has 1 amide bonds. The zero-order chi connectivity index (χ0) is 20.5. The van der Waals surface area contributed by atoms with Gasteiger partial charge in [0.25, 0.3) is 5.91 Å². The number of hydrogen-bond donors (Lipinski definition) is 0. The highest BCUT2D eigenvalue weighted by Gasteiger charge is 2.36. The van der Waals surface area contributed by atoms with Gasteiger partial charge >= 0.3 is 0 Å².